The molecular weight excluding hydrogens is 458 g/mol. The van der Waals surface area contributed by atoms with Crippen molar-refractivity contribution in [3.8, 4) is 11.5 Å². The molecule has 5 rings (SSSR count). The molecule has 1 aromatic heterocycles. The van der Waals surface area contributed by atoms with Gasteiger partial charge in [0.2, 0.25) is 6.79 Å². The number of aromatic nitrogens is 1. The molecule has 33 heavy (non-hydrogen) atoms. The number of fused-ring (bicyclic) bond motifs is 1. The fraction of sp³-hybridized carbons (Fsp3) is 0.400. The van der Waals surface area contributed by atoms with Crippen molar-refractivity contribution >= 4 is 28.1 Å². The van der Waals surface area contributed by atoms with E-state index in [2.05, 4.69) is 29.7 Å². The number of ether oxygens (including phenoxy) is 2. The summed E-state index contributed by atoms with van der Waals surface area (Å²) >= 11 is 8.19. The number of hydrogen-bond donors (Lipinski definition) is 3. The fourth-order valence-electron chi connectivity index (χ4n) is 4.33. The molecule has 0 saturated heterocycles. The van der Waals surface area contributed by atoms with Crippen LogP contribution in [0.3, 0.4) is 0 Å². The monoisotopic (exact) mass is 485 g/mol. The van der Waals surface area contributed by atoms with Crippen molar-refractivity contribution in [3.05, 3.63) is 69.7 Å². The van der Waals surface area contributed by atoms with E-state index >= 15 is 0 Å². The Kier molecular flexibility index (Phi) is 6.47. The van der Waals surface area contributed by atoms with E-state index in [9.17, 15) is 5.11 Å². The first-order chi connectivity index (χ1) is 16.1. The van der Waals surface area contributed by atoms with Gasteiger partial charge in [0.05, 0.1) is 18.2 Å². The SMILES string of the molecule is CCC[C@@H](CO)NC(c1cnc(NC2(c3ccc4c(c3)OCO4)CC2)s1)c1ccccc1Cl. The zero-order valence-electron chi connectivity index (χ0n) is 18.5. The summed E-state index contributed by atoms with van der Waals surface area (Å²) in [6.45, 7) is 2.47. The number of rotatable bonds is 10. The molecule has 1 fully saturated rings. The highest BCUT2D eigenvalue weighted by atomic mass is 35.5. The molecule has 2 heterocycles. The molecule has 2 aromatic carbocycles. The van der Waals surface area contributed by atoms with Crippen molar-refractivity contribution < 1.29 is 14.6 Å². The molecule has 3 aromatic rings. The standard InChI is InChI=1S/C25H28ClN3O3S/c1-2-5-17(14-30)28-23(18-6-3-4-7-19(18)26)22-13-27-24(33-22)29-25(10-11-25)16-8-9-20-21(12-16)32-15-31-20/h3-4,6-9,12-13,17,23,28,30H,2,5,10-11,14-15H2,1H3,(H,27,29)/t17-,23?/m0/s1. The van der Waals surface area contributed by atoms with Crippen LogP contribution in [0, 0.1) is 0 Å². The molecule has 3 N–H and O–H groups in total. The molecule has 1 aliphatic carbocycles. The minimum atomic E-state index is -0.142. The summed E-state index contributed by atoms with van der Waals surface area (Å²) in [5, 5.41) is 18.7. The minimum absolute atomic E-state index is 0.0156. The van der Waals surface area contributed by atoms with E-state index in [-0.39, 0.29) is 31.0 Å². The first-order valence-corrected chi connectivity index (χ1v) is 12.6. The van der Waals surface area contributed by atoms with Gasteiger partial charge in [-0.25, -0.2) is 4.98 Å². The Morgan fingerprint density at radius 2 is 2.00 bits per heavy atom. The number of benzene rings is 2. The van der Waals surface area contributed by atoms with Crippen LogP contribution in [0.2, 0.25) is 5.02 Å². The highest BCUT2D eigenvalue weighted by molar-refractivity contribution is 7.15. The summed E-state index contributed by atoms with van der Waals surface area (Å²) in [5.74, 6) is 1.60. The number of hydrogen-bond acceptors (Lipinski definition) is 7. The van der Waals surface area contributed by atoms with Gasteiger partial charge in [-0.1, -0.05) is 49.2 Å². The van der Waals surface area contributed by atoms with E-state index in [1.807, 2.05) is 36.5 Å². The van der Waals surface area contributed by atoms with E-state index in [0.717, 1.165) is 52.8 Å². The van der Waals surface area contributed by atoms with Crippen molar-refractivity contribution in [1.82, 2.24) is 10.3 Å². The van der Waals surface area contributed by atoms with Gasteiger partial charge < -0.3 is 25.2 Å². The molecule has 0 amide bonds. The third-order valence-corrected chi connectivity index (χ3v) is 7.63. The van der Waals surface area contributed by atoms with Crippen LogP contribution < -0.4 is 20.1 Å². The Labute approximate surface area is 202 Å². The molecule has 6 nitrogen and oxygen atoms in total. The third-order valence-electron chi connectivity index (χ3n) is 6.31. The van der Waals surface area contributed by atoms with E-state index in [0.29, 0.717) is 5.02 Å². The maximum absolute atomic E-state index is 9.89. The number of nitrogens with zero attached hydrogens (tertiary/aromatic N) is 1. The van der Waals surface area contributed by atoms with Crippen LogP contribution in [-0.4, -0.2) is 29.5 Å². The van der Waals surface area contributed by atoms with Gasteiger partial charge >= 0.3 is 0 Å². The number of aliphatic hydroxyl groups is 1. The van der Waals surface area contributed by atoms with Crippen molar-refractivity contribution in [2.45, 2.75) is 50.2 Å². The summed E-state index contributed by atoms with van der Waals surface area (Å²) in [6.07, 6.45) is 5.85. The third kappa shape index (κ3) is 4.68. The lowest BCUT2D eigenvalue weighted by Gasteiger charge is -2.24. The zero-order chi connectivity index (χ0) is 22.8. The maximum atomic E-state index is 9.89. The van der Waals surface area contributed by atoms with Gasteiger partial charge in [0.15, 0.2) is 16.6 Å². The van der Waals surface area contributed by atoms with Crippen molar-refractivity contribution in [2.75, 3.05) is 18.7 Å². The maximum Gasteiger partial charge on any atom is 0.231 e. The average molecular weight is 486 g/mol. The molecule has 1 unspecified atom stereocenters. The van der Waals surface area contributed by atoms with E-state index in [1.165, 1.54) is 5.56 Å². The summed E-state index contributed by atoms with van der Waals surface area (Å²) in [6, 6.07) is 13.8. The molecule has 1 saturated carbocycles. The van der Waals surface area contributed by atoms with Gasteiger partial charge in [0, 0.05) is 22.1 Å². The van der Waals surface area contributed by atoms with Crippen LogP contribution in [0.5, 0.6) is 11.5 Å². The predicted octanol–water partition coefficient (Wildman–Crippen LogP) is 5.47. The molecule has 2 atom stereocenters. The molecule has 8 heteroatoms. The van der Waals surface area contributed by atoms with Crippen molar-refractivity contribution in [3.63, 3.8) is 0 Å². The molecule has 2 aliphatic rings. The Hall–Kier alpha value is -2.32. The van der Waals surface area contributed by atoms with Crippen LogP contribution in [0.15, 0.2) is 48.7 Å². The highest BCUT2D eigenvalue weighted by Crippen LogP contribution is 2.51. The molecule has 1 aliphatic heterocycles. The summed E-state index contributed by atoms with van der Waals surface area (Å²) < 4.78 is 11.0. The van der Waals surface area contributed by atoms with Gasteiger partial charge in [0.25, 0.3) is 0 Å². The molecule has 0 bridgehead atoms. The normalized spacial score (nSPS) is 17.5. The van der Waals surface area contributed by atoms with Gasteiger partial charge in [0.1, 0.15) is 0 Å². The average Bonchev–Trinajstić information content (AvgIpc) is 3.23. The fourth-order valence-corrected chi connectivity index (χ4v) is 5.57. The van der Waals surface area contributed by atoms with Gasteiger partial charge in [-0.2, -0.15) is 0 Å². The number of aliphatic hydroxyl groups excluding tert-OH is 1. The largest absolute Gasteiger partial charge is 0.454 e. The second-order valence-corrected chi connectivity index (χ2v) is 10.1. The van der Waals surface area contributed by atoms with Crippen LogP contribution in [0.25, 0.3) is 0 Å². The minimum Gasteiger partial charge on any atom is -0.454 e. The number of nitrogens with one attached hydrogen (secondary N) is 2. The number of thiazole rings is 1. The van der Waals surface area contributed by atoms with E-state index < -0.39 is 0 Å². The Bertz CT molecular complexity index is 1120. The second kappa shape index (κ2) is 9.50. The van der Waals surface area contributed by atoms with E-state index in [1.54, 1.807) is 11.3 Å². The number of anilines is 1. The van der Waals surface area contributed by atoms with Crippen LogP contribution >= 0.6 is 22.9 Å². The molecule has 0 radical (unpaired) electrons. The lowest BCUT2D eigenvalue weighted by molar-refractivity contribution is 0.174. The smallest absolute Gasteiger partial charge is 0.231 e. The van der Waals surface area contributed by atoms with Gasteiger partial charge in [-0.15, -0.1) is 11.3 Å². The summed E-state index contributed by atoms with van der Waals surface area (Å²) in [5.41, 5.74) is 2.05. The quantitative estimate of drug-likeness (QED) is 0.353. The number of halogens is 1. The van der Waals surface area contributed by atoms with Crippen molar-refractivity contribution in [1.29, 1.82) is 0 Å². The Morgan fingerprint density at radius 3 is 2.76 bits per heavy atom. The Balaban J connectivity index is 1.39. The van der Waals surface area contributed by atoms with Crippen LogP contribution in [0.4, 0.5) is 5.13 Å². The topological polar surface area (TPSA) is 75.6 Å². The lowest BCUT2D eigenvalue weighted by Crippen LogP contribution is -2.36. The Morgan fingerprint density at radius 1 is 1.18 bits per heavy atom. The molecular formula is C25H28ClN3O3S. The second-order valence-electron chi connectivity index (χ2n) is 8.63. The van der Waals surface area contributed by atoms with Crippen molar-refractivity contribution in [2.24, 2.45) is 0 Å². The van der Waals surface area contributed by atoms with Gasteiger partial charge in [-0.3, -0.25) is 0 Å². The highest BCUT2D eigenvalue weighted by Gasteiger charge is 2.45. The van der Waals surface area contributed by atoms with E-state index in [4.69, 9.17) is 26.1 Å². The van der Waals surface area contributed by atoms with Crippen LogP contribution in [-0.2, 0) is 5.54 Å². The summed E-state index contributed by atoms with van der Waals surface area (Å²) in [7, 11) is 0. The molecule has 174 valence electrons. The van der Waals surface area contributed by atoms with Crippen LogP contribution in [0.1, 0.15) is 54.7 Å². The first kappa shape index (κ1) is 22.5. The summed E-state index contributed by atoms with van der Waals surface area (Å²) in [4.78, 5) is 5.76. The first-order valence-electron chi connectivity index (χ1n) is 11.4. The zero-order valence-corrected chi connectivity index (χ0v) is 20.1. The predicted molar refractivity (Wildman–Crippen MR) is 131 cm³/mol. The molecule has 0 spiro atoms. The van der Waals surface area contributed by atoms with Gasteiger partial charge in [-0.05, 0) is 48.6 Å². The lowest BCUT2D eigenvalue weighted by atomic mass is 10.0.